The summed E-state index contributed by atoms with van der Waals surface area (Å²) in [6.07, 6.45) is 1.92. The molecule has 0 radical (unpaired) electrons. The molecule has 0 aromatic heterocycles. The largest absolute Gasteiger partial charge is 0.150 e. The molecule has 2 rings (SSSR count). The Bertz CT molecular complexity index is 396. The van der Waals surface area contributed by atoms with Crippen LogP contribution in [-0.2, 0) is 5.41 Å². The van der Waals surface area contributed by atoms with Gasteiger partial charge in [0, 0.05) is 0 Å². The van der Waals surface area contributed by atoms with Crippen molar-refractivity contribution in [2.24, 2.45) is 5.18 Å². The molecule has 0 N–H and O–H groups in total. The monoisotopic (exact) mass is 203 g/mol. The number of hydrogen-bond acceptors (Lipinski definition) is 2. The number of hydrogen-bond donors (Lipinski definition) is 0. The number of fused-ring (bicyclic) bond motifs is 1. The lowest BCUT2D eigenvalue weighted by molar-refractivity contribution is 0.396. The van der Waals surface area contributed by atoms with Gasteiger partial charge < -0.3 is 0 Å². The highest BCUT2D eigenvalue weighted by molar-refractivity contribution is 5.40. The van der Waals surface area contributed by atoms with Crippen molar-refractivity contribution >= 4 is 0 Å². The van der Waals surface area contributed by atoms with Crippen LogP contribution in [0.4, 0.5) is 0 Å². The minimum absolute atomic E-state index is 0.132. The molecule has 2 heteroatoms. The van der Waals surface area contributed by atoms with Gasteiger partial charge in [-0.05, 0) is 36.3 Å². The zero-order valence-corrected chi connectivity index (χ0v) is 9.58. The molecule has 0 heterocycles. The van der Waals surface area contributed by atoms with Crippen LogP contribution >= 0.6 is 0 Å². The van der Waals surface area contributed by atoms with E-state index in [9.17, 15) is 4.91 Å². The summed E-state index contributed by atoms with van der Waals surface area (Å²) < 4.78 is 0. The van der Waals surface area contributed by atoms with Crippen LogP contribution < -0.4 is 0 Å². The van der Waals surface area contributed by atoms with Crippen LogP contribution in [0.15, 0.2) is 23.4 Å². The molecular weight excluding hydrogens is 186 g/mol. The van der Waals surface area contributed by atoms with Crippen molar-refractivity contribution in [3.63, 3.8) is 0 Å². The second kappa shape index (κ2) is 3.44. The highest BCUT2D eigenvalue weighted by atomic mass is 16.3. The first-order chi connectivity index (χ1) is 7.04. The van der Waals surface area contributed by atoms with E-state index in [1.165, 1.54) is 11.1 Å². The van der Waals surface area contributed by atoms with Gasteiger partial charge in [0.1, 0.15) is 6.04 Å². The van der Waals surface area contributed by atoms with Crippen LogP contribution in [-0.4, -0.2) is 0 Å². The van der Waals surface area contributed by atoms with E-state index in [4.69, 9.17) is 0 Å². The van der Waals surface area contributed by atoms with Gasteiger partial charge >= 0.3 is 0 Å². The number of nitroso groups, excluding NO2 is 1. The van der Waals surface area contributed by atoms with Crippen LogP contribution in [0.5, 0.6) is 0 Å². The van der Waals surface area contributed by atoms with Crippen molar-refractivity contribution in [3.05, 3.63) is 39.8 Å². The smallest absolute Gasteiger partial charge is 0.117 e. The molecule has 1 unspecified atom stereocenters. The number of benzene rings is 1. The Hall–Kier alpha value is -1.18. The number of rotatable bonds is 1. The molecule has 1 aromatic carbocycles. The Morgan fingerprint density at radius 3 is 2.80 bits per heavy atom. The summed E-state index contributed by atoms with van der Waals surface area (Å²) in [5, 5.41) is 3.25. The summed E-state index contributed by atoms with van der Waals surface area (Å²) in [5.74, 6) is 0. The van der Waals surface area contributed by atoms with Crippen molar-refractivity contribution in [2.45, 2.75) is 45.1 Å². The molecule has 0 saturated heterocycles. The lowest BCUT2D eigenvalue weighted by atomic mass is 9.71. The maximum Gasteiger partial charge on any atom is 0.117 e. The van der Waals surface area contributed by atoms with E-state index in [0.29, 0.717) is 0 Å². The molecule has 1 aliphatic carbocycles. The highest BCUT2D eigenvalue weighted by Gasteiger charge is 2.32. The van der Waals surface area contributed by atoms with Gasteiger partial charge in [-0.3, -0.25) is 0 Å². The first-order valence-corrected chi connectivity index (χ1v) is 5.48. The van der Waals surface area contributed by atoms with Gasteiger partial charge in [0.25, 0.3) is 0 Å². The van der Waals surface area contributed by atoms with Crippen molar-refractivity contribution < 1.29 is 0 Å². The summed E-state index contributed by atoms with van der Waals surface area (Å²) in [6.45, 7) is 6.54. The molecule has 0 saturated carbocycles. The summed E-state index contributed by atoms with van der Waals surface area (Å²) in [5.41, 5.74) is 3.83. The maximum atomic E-state index is 10.8. The quantitative estimate of drug-likeness (QED) is 0.637. The van der Waals surface area contributed by atoms with E-state index in [0.717, 1.165) is 18.4 Å². The lowest BCUT2D eigenvalue weighted by Gasteiger charge is -2.34. The van der Waals surface area contributed by atoms with Gasteiger partial charge in [0.15, 0.2) is 0 Å². The molecule has 0 bridgehead atoms. The summed E-state index contributed by atoms with van der Waals surface area (Å²) in [6, 6.07) is 6.26. The average molecular weight is 203 g/mol. The van der Waals surface area contributed by atoms with Crippen LogP contribution in [0.25, 0.3) is 0 Å². The fraction of sp³-hybridized carbons (Fsp3) is 0.538. The van der Waals surface area contributed by atoms with Crippen LogP contribution in [0, 0.1) is 11.8 Å². The molecule has 1 atom stereocenters. The lowest BCUT2D eigenvalue weighted by Crippen LogP contribution is -2.25. The predicted molar refractivity (Wildman–Crippen MR) is 62.0 cm³/mol. The van der Waals surface area contributed by atoms with Gasteiger partial charge in [-0.2, -0.15) is 4.91 Å². The van der Waals surface area contributed by atoms with E-state index in [2.05, 4.69) is 44.1 Å². The van der Waals surface area contributed by atoms with E-state index in [1.807, 2.05) is 0 Å². The first kappa shape index (κ1) is 10.3. The molecule has 0 amide bonds. The molecule has 1 aromatic rings. The second-order valence-electron chi connectivity index (χ2n) is 5.13. The Labute approximate surface area is 90.7 Å². The minimum Gasteiger partial charge on any atom is -0.150 e. The second-order valence-corrected chi connectivity index (χ2v) is 5.13. The van der Waals surface area contributed by atoms with Crippen molar-refractivity contribution in [2.75, 3.05) is 0 Å². The molecule has 15 heavy (non-hydrogen) atoms. The minimum atomic E-state index is -0.132. The van der Waals surface area contributed by atoms with Crippen molar-refractivity contribution in [3.8, 4) is 0 Å². The number of aryl methyl sites for hydroxylation is 1. The fourth-order valence-corrected chi connectivity index (χ4v) is 2.47. The van der Waals surface area contributed by atoms with E-state index >= 15 is 0 Å². The third kappa shape index (κ3) is 1.69. The Kier molecular flexibility index (Phi) is 2.37. The molecule has 2 nitrogen and oxygen atoms in total. The van der Waals surface area contributed by atoms with E-state index in [1.54, 1.807) is 0 Å². The van der Waals surface area contributed by atoms with Gasteiger partial charge in [0.2, 0.25) is 0 Å². The fourth-order valence-electron chi connectivity index (χ4n) is 2.47. The molecular formula is C13H17NO. The van der Waals surface area contributed by atoms with Crippen LogP contribution in [0.3, 0.4) is 0 Å². The Morgan fingerprint density at radius 1 is 1.40 bits per heavy atom. The zero-order valence-electron chi connectivity index (χ0n) is 9.58. The number of nitrogens with zero attached hydrogens (tertiary/aromatic N) is 1. The average Bonchev–Trinajstić information content (AvgIpc) is 2.17. The maximum absolute atomic E-state index is 10.8. The summed E-state index contributed by atoms with van der Waals surface area (Å²) in [7, 11) is 0. The first-order valence-electron chi connectivity index (χ1n) is 5.48. The normalized spacial score (nSPS) is 23.3. The van der Waals surface area contributed by atoms with Crippen molar-refractivity contribution in [1.82, 2.24) is 0 Å². The molecule has 0 aliphatic heterocycles. The Balaban J connectivity index is 2.58. The highest BCUT2D eigenvalue weighted by Crippen LogP contribution is 2.43. The van der Waals surface area contributed by atoms with Crippen LogP contribution in [0.2, 0.25) is 0 Å². The Morgan fingerprint density at radius 2 is 2.13 bits per heavy atom. The molecule has 1 aliphatic rings. The van der Waals surface area contributed by atoms with Gasteiger partial charge in [-0.1, -0.05) is 42.8 Å². The van der Waals surface area contributed by atoms with Gasteiger partial charge in [-0.25, -0.2) is 0 Å². The third-order valence-electron chi connectivity index (χ3n) is 3.47. The molecule has 0 fully saturated rings. The molecule has 80 valence electrons. The van der Waals surface area contributed by atoms with E-state index < -0.39 is 0 Å². The third-order valence-corrected chi connectivity index (χ3v) is 3.47. The summed E-state index contributed by atoms with van der Waals surface area (Å²) >= 11 is 0. The predicted octanol–water partition coefficient (Wildman–Crippen LogP) is 3.87. The van der Waals surface area contributed by atoms with Crippen LogP contribution in [0.1, 0.15) is 49.4 Å². The SMILES string of the molecule is Cc1ccc2c(c1)C(N=O)CCC2(C)C. The van der Waals surface area contributed by atoms with E-state index in [-0.39, 0.29) is 11.5 Å². The van der Waals surface area contributed by atoms with Gasteiger partial charge in [-0.15, -0.1) is 0 Å². The molecule has 0 spiro atoms. The zero-order chi connectivity index (χ0) is 11.1. The topological polar surface area (TPSA) is 29.4 Å². The van der Waals surface area contributed by atoms with Crippen molar-refractivity contribution in [1.29, 1.82) is 0 Å². The standard InChI is InChI=1S/C13H17NO/c1-9-4-5-11-10(8-9)12(14-15)6-7-13(11,2)3/h4-5,8,12H,6-7H2,1-3H3. The van der Waals surface area contributed by atoms with Gasteiger partial charge in [0.05, 0.1) is 0 Å². The summed E-state index contributed by atoms with van der Waals surface area (Å²) in [4.78, 5) is 10.8.